The molecular formula is C11H14N2O. The molecule has 14 heavy (non-hydrogen) atoms. The van der Waals surface area contributed by atoms with E-state index in [9.17, 15) is 5.11 Å². The molecule has 0 bridgehead atoms. The van der Waals surface area contributed by atoms with Crippen LogP contribution in [0, 0.1) is 0 Å². The molecule has 1 aromatic rings. The first-order valence-electron chi connectivity index (χ1n) is 4.66. The number of hydrogen-bond acceptors (Lipinski definition) is 3. The number of aliphatic hydroxyl groups is 1. The summed E-state index contributed by atoms with van der Waals surface area (Å²) in [4.78, 5) is 2.00. The molecule has 1 atom stereocenters. The topological polar surface area (TPSA) is 35.5 Å². The van der Waals surface area contributed by atoms with Crippen LogP contribution in [0.1, 0.15) is 11.7 Å². The van der Waals surface area contributed by atoms with E-state index in [2.05, 4.69) is 5.32 Å². The van der Waals surface area contributed by atoms with Gasteiger partial charge in [0.2, 0.25) is 0 Å². The van der Waals surface area contributed by atoms with Gasteiger partial charge < -0.3 is 15.3 Å². The van der Waals surface area contributed by atoms with Gasteiger partial charge in [0.25, 0.3) is 0 Å². The lowest BCUT2D eigenvalue weighted by Gasteiger charge is -2.20. The van der Waals surface area contributed by atoms with Gasteiger partial charge in [-0.15, -0.1) is 0 Å². The average Bonchev–Trinajstić information content (AvgIpc) is 2.65. The molecule has 0 aliphatic carbocycles. The van der Waals surface area contributed by atoms with Crippen LogP contribution in [0.5, 0.6) is 0 Å². The van der Waals surface area contributed by atoms with Crippen molar-refractivity contribution in [1.82, 2.24) is 10.2 Å². The second kappa shape index (κ2) is 3.72. The first kappa shape index (κ1) is 9.09. The Labute approximate surface area is 83.7 Å². The minimum atomic E-state index is -0.531. The van der Waals surface area contributed by atoms with Crippen molar-refractivity contribution in [1.29, 1.82) is 0 Å². The summed E-state index contributed by atoms with van der Waals surface area (Å²) in [5.41, 5.74) is 1.84. The molecule has 3 heteroatoms. The third kappa shape index (κ3) is 1.59. The summed E-state index contributed by atoms with van der Waals surface area (Å²) in [6, 6.07) is 9.67. The first-order valence-corrected chi connectivity index (χ1v) is 4.66. The molecule has 1 aromatic carbocycles. The Hall–Kier alpha value is -1.48. The highest BCUT2D eigenvalue weighted by Gasteiger charge is 2.19. The summed E-state index contributed by atoms with van der Waals surface area (Å²) in [6.07, 6.45) is 1.33. The van der Waals surface area contributed by atoms with E-state index in [0.717, 1.165) is 17.9 Å². The summed E-state index contributed by atoms with van der Waals surface area (Å²) in [6.45, 7) is 0.763. The molecule has 0 fully saturated rings. The quantitative estimate of drug-likeness (QED) is 0.731. The molecule has 0 radical (unpaired) electrons. The lowest BCUT2D eigenvalue weighted by atomic mass is 10.1. The van der Waals surface area contributed by atoms with E-state index in [1.165, 1.54) is 0 Å². The van der Waals surface area contributed by atoms with E-state index in [1.807, 2.05) is 48.5 Å². The minimum Gasteiger partial charge on any atom is -0.382 e. The van der Waals surface area contributed by atoms with Crippen LogP contribution < -0.4 is 5.32 Å². The number of nitrogens with zero attached hydrogens (tertiary/aromatic N) is 1. The standard InChI is InChI=1S/C11H14N2O/c1-13-8-12-7-10(13)11(14)9-5-3-2-4-6-9/h2-7,11-12,14H,8H2,1H3. The van der Waals surface area contributed by atoms with Gasteiger partial charge in [0.1, 0.15) is 6.10 Å². The van der Waals surface area contributed by atoms with E-state index in [1.54, 1.807) is 0 Å². The van der Waals surface area contributed by atoms with Crippen molar-refractivity contribution in [2.45, 2.75) is 6.10 Å². The fraction of sp³-hybridized carbons (Fsp3) is 0.273. The van der Waals surface area contributed by atoms with Crippen LogP contribution in [0.15, 0.2) is 42.2 Å². The molecule has 0 aromatic heterocycles. The third-order valence-electron chi connectivity index (χ3n) is 2.41. The highest BCUT2D eigenvalue weighted by molar-refractivity contribution is 5.26. The Morgan fingerprint density at radius 3 is 2.64 bits per heavy atom. The third-order valence-corrected chi connectivity index (χ3v) is 2.41. The highest BCUT2D eigenvalue weighted by atomic mass is 16.3. The summed E-state index contributed by atoms with van der Waals surface area (Å²) < 4.78 is 0. The number of likely N-dealkylation sites (N-methyl/N-ethyl adjacent to an activating group) is 1. The molecule has 0 saturated heterocycles. The average molecular weight is 190 g/mol. The maximum absolute atomic E-state index is 10.0. The maximum Gasteiger partial charge on any atom is 0.120 e. The van der Waals surface area contributed by atoms with Gasteiger partial charge >= 0.3 is 0 Å². The van der Waals surface area contributed by atoms with Gasteiger partial charge in [-0.05, 0) is 5.56 Å². The van der Waals surface area contributed by atoms with Gasteiger partial charge in [-0.1, -0.05) is 30.3 Å². The zero-order valence-electron chi connectivity index (χ0n) is 8.14. The monoisotopic (exact) mass is 190 g/mol. The predicted molar refractivity (Wildman–Crippen MR) is 55.3 cm³/mol. The molecule has 0 spiro atoms. The molecule has 1 unspecified atom stereocenters. The fourth-order valence-corrected chi connectivity index (χ4v) is 1.58. The smallest absolute Gasteiger partial charge is 0.120 e. The SMILES string of the molecule is CN1CNC=C1C(O)c1ccccc1. The van der Waals surface area contributed by atoms with E-state index >= 15 is 0 Å². The Morgan fingerprint density at radius 1 is 1.36 bits per heavy atom. The van der Waals surface area contributed by atoms with Crippen molar-refractivity contribution in [2.75, 3.05) is 13.7 Å². The van der Waals surface area contributed by atoms with Crippen LogP contribution >= 0.6 is 0 Å². The second-order valence-electron chi connectivity index (χ2n) is 3.44. The van der Waals surface area contributed by atoms with Crippen molar-refractivity contribution in [3.05, 3.63) is 47.8 Å². The van der Waals surface area contributed by atoms with Crippen molar-refractivity contribution < 1.29 is 5.11 Å². The molecule has 0 amide bonds. The Balaban J connectivity index is 2.20. The molecule has 0 saturated carbocycles. The summed E-state index contributed by atoms with van der Waals surface area (Å²) >= 11 is 0. The number of hydrogen-bond donors (Lipinski definition) is 2. The zero-order chi connectivity index (χ0) is 9.97. The molecule has 2 rings (SSSR count). The Bertz CT molecular complexity index is 334. The van der Waals surface area contributed by atoms with Crippen LogP contribution in [-0.4, -0.2) is 23.7 Å². The maximum atomic E-state index is 10.0. The minimum absolute atomic E-state index is 0.531. The summed E-state index contributed by atoms with van der Waals surface area (Å²) in [7, 11) is 1.96. The van der Waals surface area contributed by atoms with Crippen molar-refractivity contribution in [3.8, 4) is 0 Å². The van der Waals surface area contributed by atoms with Crippen molar-refractivity contribution in [3.63, 3.8) is 0 Å². The predicted octanol–water partition coefficient (Wildman–Crippen LogP) is 1.05. The van der Waals surface area contributed by atoms with Gasteiger partial charge in [0.15, 0.2) is 0 Å². The normalized spacial score (nSPS) is 17.6. The molecule has 1 aliphatic rings. The number of nitrogens with one attached hydrogen (secondary N) is 1. The Kier molecular flexibility index (Phi) is 2.41. The number of benzene rings is 1. The lowest BCUT2D eigenvalue weighted by molar-refractivity contribution is 0.181. The highest BCUT2D eigenvalue weighted by Crippen LogP contribution is 2.24. The number of aliphatic hydroxyl groups excluding tert-OH is 1. The zero-order valence-corrected chi connectivity index (χ0v) is 8.14. The van der Waals surface area contributed by atoms with E-state index in [4.69, 9.17) is 0 Å². The second-order valence-corrected chi connectivity index (χ2v) is 3.44. The van der Waals surface area contributed by atoms with Gasteiger partial charge in [-0.25, -0.2) is 0 Å². The molecule has 2 N–H and O–H groups in total. The van der Waals surface area contributed by atoms with Crippen LogP contribution in [0.3, 0.4) is 0 Å². The van der Waals surface area contributed by atoms with Gasteiger partial charge in [-0.2, -0.15) is 0 Å². The molecule has 3 nitrogen and oxygen atoms in total. The number of rotatable bonds is 2. The van der Waals surface area contributed by atoms with Crippen LogP contribution in [0.2, 0.25) is 0 Å². The van der Waals surface area contributed by atoms with Crippen LogP contribution in [0.4, 0.5) is 0 Å². The van der Waals surface area contributed by atoms with E-state index in [-0.39, 0.29) is 0 Å². The molecule has 1 aliphatic heterocycles. The van der Waals surface area contributed by atoms with Gasteiger partial charge in [0.05, 0.1) is 12.4 Å². The molecule has 1 heterocycles. The largest absolute Gasteiger partial charge is 0.382 e. The molecule has 74 valence electrons. The van der Waals surface area contributed by atoms with E-state index in [0.29, 0.717) is 0 Å². The van der Waals surface area contributed by atoms with Crippen LogP contribution in [0.25, 0.3) is 0 Å². The first-order chi connectivity index (χ1) is 6.79. The van der Waals surface area contributed by atoms with Crippen molar-refractivity contribution >= 4 is 0 Å². The summed E-state index contributed by atoms with van der Waals surface area (Å²) in [5.74, 6) is 0. The fourth-order valence-electron chi connectivity index (χ4n) is 1.58. The Morgan fingerprint density at radius 2 is 2.07 bits per heavy atom. The molecular weight excluding hydrogens is 176 g/mol. The van der Waals surface area contributed by atoms with Crippen LogP contribution in [-0.2, 0) is 0 Å². The van der Waals surface area contributed by atoms with Crippen molar-refractivity contribution in [2.24, 2.45) is 0 Å². The van der Waals surface area contributed by atoms with E-state index < -0.39 is 6.10 Å². The summed E-state index contributed by atoms with van der Waals surface area (Å²) in [5, 5.41) is 13.1. The van der Waals surface area contributed by atoms with Gasteiger partial charge in [-0.3, -0.25) is 0 Å². The lowest BCUT2D eigenvalue weighted by Crippen LogP contribution is -2.21. The van der Waals surface area contributed by atoms with Gasteiger partial charge in [0, 0.05) is 13.2 Å².